The molecule has 0 bridgehead atoms. The van der Waals surface area contributed by atoms with Crippen LogP contribution in [0.2, 0.25) is 0 Å². The number of hydrogen-bond acceptors (Lipinski definition) is 3. The minimum Gasteiger partial charge on any atom is -0.378 e. The van der Waals surface area contributed by atoms with Crippen molar-refractivity contribution in [2.24, 2.45) is 0 Å². The van der Waals surface area contributed by atoms with Crippen molar-refractivity contribution in [3.63, 3.8) is 0 Å². The molecule has 0 atom stereocenters. The van der Waals surface area contributed by atoms with Gasteiger partial charge in [-0.3, -0.25) is 9.69 Å². The lowest BCUT2D eigenvalue weighted by molar-refractivity contribution is 0.0303. The van der Waals surface area contributed by atoms with Crippen molar-refractivity contribution in [3.05, 3.63) is 53.6 Å². The summed E-state index contributed by atoms with van der Waals surface area (Å²) in [6.07, 6.45) is 0.849. The summed E-state index contributed by atoms with van der Waals surface area (Å²) in [5.74, 6) is 0.0561. The van der Waals surface area contributed by atoms with Gasteiger partial charge in [0, 0.05) is 36.9 Å². The summed E-state index contributed by atoms with van der Waals surface area (Å²) >= 11 is 0. The summed E-state index contributed by atoms with van der Waals surface area (Å²) < 4.78 is 5.32. The van der Waals surface area contributed by atoms with Crippen LogP contribution in [0.25, 0.3) is 11.1 Å². The van der Waals surface area contributed by atoms with E-state index >= 15 is 0 Å². The monoisotopic (exact) mass is 393 g/mol. The summed E-state index contributed by atoms with van der Waals surface area (Å²) in [7, 11) is 0. The third-order valence-corrected chi connectivity index (χ3v) is 5.40. The average molecular weight is 393 g/mol. The molecule has 0 spiro atoms. The summed E-state index contributed by atoms with van der Waals surface area (Å²) in [5.41, 5.74) is 5.02. The Balaban J connectivity index is 1.50. The molecule has 6 nitrogen and oxygen atoms in total. The van der Waals surface area contributed by atoms with Crippen molar-refractivity contribution in [2.75, 3.05) is 37.7 Å². The molecule has 152 valence electrons. The van der Waals surface area contributed by atoms with E-state index in [4.69, 9.17) is 4.74 Å². The van der Waals surface area contributed by atoms with Gasteiger partial charge in [-0.2, -0.15) is 0 Å². The van der Waals surface area contributed by atoms with Crippen LogP contribution in [0.1, 0.15) is 29.8 Å². The smallest absolute Gasteiger partial charge is 0.322 e. The minimum atomic E-state index is -0.0440. The van der Waals surface area contributed by atoms with Gasteiger partial charge in [0.1, 0.15) is 0 Å². The fourth-order valence-electron chi connectivity index (χ4n) is 3.87. The molecule has 2 aliphatic rings. The molecular weight excluding hydrogens is 366 g/mol. The van der Waals surface area contributed by atoms with E-state index in [0.717, 1.165) is 23.2 Å². The molecule has 0 aromatic heterocycles. The fraction of sp³-hybridized carbons (Fsp3) is 0.391. The second kappa shape index (κ2) is 8.25. The number of fused-ring (bicyclic) bond motifs is 1. The third kappa shape index (κ3) is 4.12. The highest BCUT2D eigenvalue weighted by Crippen LogP contribution is 2.32. The van der Waals surface area contributed by atoms with Crippen LogP contribution in [-0.4, -0.2) is 55.7 Å². The maximum Gasteiger partial charge on any atom is 0.322 e. The maximum atomic E-state index is 12.6. The first kappa shape index (κ1) is 19.5. The number of carbonyl (C=O) groups is 2. The normalized spacial score (nSPS) is 16.1. The number of urea groups is 1. The Bertz CT molecular complexity index is 902. The van der Waals surface area contributed by atoms with Gasteiger partial charge in [0.15, 0.2) is 0 Å². The minimum absolute atomic E-state index is 0.0440. The molecule has 1 N–H and O–H groups in total. The molecule has 6 heteroatoms. The van der Waals surface area contributed by atoms with Gasteiger partial charge in [0.2, 0.25) is 0 Å². The van der Waals surface area contributed by atoms with Gasteiger partial charge < -0.3 is 15.0 Å². The second-order valence-electron chi connectivity index (χ2n) is 7.83. The molecule has 0 unspecified atom stereocenters. The molecule has 1 saturated heterocycles. The summed E-state index contributed by atoms with van der Waals surface area (Å²) in [4.78, 5) is 28.6. The van der Waals surface area contributed by atoms with E-state index in [-0.39, 0.29) is 18.0 Å². The number of rotatable bonds is 3. The molecule has 2 aromatic carbocycles. The lowest BCUT2D eigenvalue weighted by atomic mass is 10.0. The zero-order valence-electron chi connectivity index (χ0n) is 17.0. The van der Waals surface area contributed by atoms with Crippen molar-refractivity contribution in [3.8, 4) is 11.1 Å². The Morgan fingerprint density at radius 2 is 1.66 bits per heavy atom. The predicted octanol–water partition coefficient (Wildman–Crippen LogP) is 3.31. The number of nitrogens with zero attached hydrogens (tertiary/aromatic N) is 2. The first-order valence-electron chi connectivity index (χ1n) is 10.2. The Labute approximate surface area is 171 Å². The van der Waals surface area contributed by atoms with E-state index in [0.29, 0.717) is 38.4 Å². The number of nitrogens with one attached hydrogen (secondary N) is 1. The largest absolute Gasteiger partial charge is 0.378 e. The van der Waals surface area contributed by atoms with Gasteiger partial charge in [0.25, 0.3) is 5.91 Å². The van der Waals surface area contributed by atoms with E-state index in [9.17, 15) is 9.59 Å². The lowest BCUT2D eigenvalue weighted by Crippen LogP contribution is -2.42. The Morgan fingerprint density at radius 3 is 2.34 bits per heavy atom. The molecule has 0 aliphatic carbocycles. The van der Waals surface area contributed by atoms with Crippen LogP contribution in [0.3, 0.4) is 0 Å². The zero-order chi connectivity index (χ0) is 20.4. The first-order chi connectivity index (χ1) is 14.0. The predicted molar refractivity (Wildman–Crippen MR) is 113 cm³/mol. The molecule has 0 radical (unpaired) electrons. The van der Waals surface area contributed by atoms with Gasteiger partial charge in [-0.15, -0.1) is 0 Å². The van der Waals surface area contributed by atoms with Gasteiger partial charge in [-0.05, 0) is 61.2 Å². The molecule has 3 amide bonds. The van der Waals surface area contributed by atoms with Gasteiger partial charge in [-0.25, -0.2) is 4.79 Å². The number of carbonyl (C=O) groups excluding carboxylic acids is 2. The number of hydrogen-bond donors (Lipinski definition) is 1. The highest BCUT2D eigenvalue weighted by molar-refractivity contribution is 5.96. The van der Waals surface area contributed by atoms with Crippen LogP contribution in [0, 0.1) is 0 Å². The summed E-state index contributed by atoms with van der Waals surface area (Å²) in [6.45, 7) is 7.12. The van der Waals surface area contributed by atoms with Gasteiger partial charge >= 0.3 is 6.03 Å². The summed E-state index contributed by atoms with van der Waals surface area (Å²) in [6, 6.07) is 14.0. The number of benzene rings is 2. The van der Waals surface area contributed by atoms with Crippen molar-refractivity contribution >= 4 is 17.6 Å². The molecule has 29 heavy (non-hydrogen) atoms. The summed E-state index contributed by atoms with van der Waals surface area (Å²) in [5, 5.41) is 2.96. The second-order valence-corrected chi connectivity index (χ2v) is 7.83. The SMILES string of the molecule is CC(C)NC(=O)N1CCc2cc(-c3ccc(C(=O)N4CCOCC4)cc3)ccc21. The molecular formula is C23H27N3O3. The van der Waals surface area contributed by atoms with Crippen molar-refractivity contribution in [2.45, 2.75) is 26.3 Å². The van der Waals surface area contributed by atoms with Crippen LogP contribution in [0.15, 0.2) is 42.5 Å². The fourth-order valence-corrected chi connectivity index (χ4v) is 3.87. The Kier molecular flexibility index (Phi) is 5.53. The average Bonchev–Trinajstić information content (AvgIpc) is 3.17. The van der Waals surface area contributed by atoms with Gasteiger partial charge in [0.05, 0.1) is 13.2 Å². The van der Waals surface area contributed by atoms with E-state index in [1.165, 1.54) is 5.56 Å². The Morgan fingerprint density at radius 1 is 0.966 bits per heavy atom. The third-order valence-electron chi connectivity index (χ3n) is 5.40. The molecule has 1 fully saturated rings. The van der Waals surface area contributed by atoms with Crippen molar-refractivity contribution in [1.29, 1.82) is 0 Å². The van der Waals surface area contributed by atoms with Crippen molar-refractivity contribution in [1.82, 2.24) is 10.2 Å². The number of anilines is 1. The van der Waals surface area contributed by atoms with Crippen LogP contribution in [0.4, 0.5) is 10.5 Å². The van der Waals surface area contributed by atoms with Crippen LogP contribution < -0.4 is 10.2 Å². The van der Waals surface area contributed by atoms with E-state index in [1.54, 1.807) is 0 Å². The van der Waals surface area contributed by atoms with E-state index in [1.807, 2.05) is 60.0 Å². The lowest BCUT2D eigenvalue weighted by Gasteiger charge is -2.26. The molecule has 0 saturated carbocycles. The molecule has 4 rings (SSSR count). The molecule has 2 heterocycles. The van der Waals surface area contributed by atoms with Crippen LogP contribution >= 0.6 is 0 Å². The molecule has 2 aliphatic heterocycles. The highest BCUT2D eigenvalue weighted by atomic mass is 16.5. The molecule has 2 aromatic rings. The maximum absolute atomic E-state index is 12.6. The first-order valence-corrected chi connectivity index (χ1v) is 10.2. The van der Waals surface area contributed by atoms with Crippen molar-refractivity contribution < 1.29 is 14.3 Å². The standard InChI is InChI=1S/C23H27N3O3/c1-16(2)24-23(28)26-10-9-20-15-19(7-8-21(20)26)17-3-5-18(6-4-17)22(27)25-11-13-29-14-12-25/h3-8,15-16H,9-14H2,1-2H3,(H,24,28). The van der Waals surface area contributed by atoms with E-state index in [2.05, 4.69) is 11.4 Å². The van der Waals surface area contributed by atoms with E-state index < -0.39 is 0 Å². The quantitative estimate of drug-likeness (QED) is 0.870. The number of morpholine rings is 1. The Hall–Kier alpha value is -2.86. The topological polar surface area (TPSA) is 61.9 Å². The number of amides is 3. The van der Waals surface area contributed by atoms with Gasteiger partial charge in [-0.1, -0.05) is 18.2 Å². The van der Waals surface area contributed by atoms with Crippen LogP contribution in [0.5, 0.6) is 0 Å². The zero-order valence-corrected chi connectivity index (χ0v) is 17.0. The number of ether oxygens (including phenoxy) is 1. The highest BCUT2D eigenvalue weighted by Gasteiger charge is 2.25. The van der Waals surface area contributed by atoms with Crippen LogP contribution in [-0.2, 0) is 11.2 Å².